The second kappa shape index (κ2) is 9.99. The third kappa shape index (κ3) is 4.90. The lowest BCUT2D eigenvalue weighted by Crippen LogP contribution is -2.26. The van der Waals surface area contributed by atoms with E-state index in [1.807, 2.05) is 24.3 Å². The van der Waals surface area contributed by atoms with Crippen molar-refractivity contribution < 1.29 is 4.39 Å². The van der Waals surface area contributed by atoms with Gasteiger partial charge < -0.3 is 10.3 Å². The summed E-state index contributed by atoms with van der Waals surface area (Å²) in [6.07, 6.45) is 3.54. The van der Waals surface area contributed by atoms with Crippen molar-refractivity contribution in [3.05, 3.63) is 81.2 Å². The minimum atomic E-state index is -0.392. The average molecular weight is 422 g/mol. The number of aromatic nitrogens is 4. The third-order valence-corrected chi connectivity index (χ3v) is 4.32. The van der Waals surface area contributed by atoms with Crippen molar-refractivity contribution in [2.75, 3.05) is 6.54 Å². The molecular formula is C20H25ClFN5O2. The lowest BCUT2D eigenvalue weighted by Gasteiger charge is -2.08. The van der Waals surface area contributed by atoms with Gasteiger partial charge in [-0.1, -0.05) is 19.6 Å². The molecule has 0 unspecified atom stereocenters. The summed E-state index contributed by atoms with van der Waals surface area (Å²) < 4.78 is 16.8. The van der Waals surface area contributed by atoms with Gasteiger partial charge in [0.25, 0.3) is 5.56 Å². The standard InChI is InChI=1S/C19H20FN5O2.CH4.ClH/c1-13-6-16(11-23(2)18(13)26)15-4-3-5-17(7-15)24-12-22-25(19(24)27)10-14(8-20)9-21;;/h3-8,11-12H,9-10,21H2,1-2H3;1H4;1H/b14-8+;;. The van der Waals surface area contributed by atoms with Gasteiger partial charge in [-0.15, -0.1) is 12.4 Å². The van der Waals surface area contributed by atoms with Gasteiger partial charge in [-0.3, -0.25) is 4.79 Å². The first-order chi connectivity index (χ1) is 12.9. The molecule has 0 atom stereocenters. The Morgan fingerprint density at radius 3 is 2.59 bits per heavy atom. The maximum atomic E-state index is 12.7. The monoisotopic (exact) mass is 421 g/mol. The van der Waals surface area contributed by atoms with Crippen LogP contribution < -0.4 is 17.0 Å². The van der Waals surface area contributed by atoms with E-state index in [9.17, 15) is 14.0 Å². The molecule has 0 aliphatic rings. The fraction of sp³-hybridized carbons (Fsp3) is 0.250. The van der Waals surface area contributed by atoms with Crippen molar-refractivity contribution in [3.8, 4) is 16.8 Å². The molecule has 156 valence electrons. The van der Waals surface area contributed by atoms with E-state index >= 15 is 0 Å². The number of nitrogens with zero attached hydrogens (tertiary/aromatic N) is 4. The van der Waals surface area contributed by atoms with Gasteiger partial charge in [0.1, 0.15) is 6.33 Å². The number of rotatable bonds is 5. The molecule has 0 bridgehead atoms. The zero-order valence-electron chi connectivity index (χ0n) is 15.5. The largest absolute Gasteiger partial charge is 0.350 e. The number of hydrogen-bond donors (Lipinski definition) is 1. The maximum Gasteiger partial charge on any atom is 0.350 e. The highest BCUT2D eigenvalue weighted by atomic mass is 35.5. The molecular weight excluding hydrogens is 397 g/mol. The molecule has 1 aromatic carbocycles. The molecule has 0 fully saturated rings. The van der Waals surface area contributed by atoms with E-state index < -0.39 is 5.69 Å². The lowest BCUT2D eigenvalue weighted by molar-refractivity contribution is 0.612. The maximum absolute atomic E-state index is 12.7. The Balaban J connectivity index is 0.00000210. The highest BCUT2D eigenvalue weighted by Crippen LogP contribution is 2.21. The van der Waals surface area contributed by atoms with Gasteiger partial charge in [-0.25, -0.2) is 18.4 Å². The molecule has 2 aromatic heterocycles. The molecule has 0 saturated carbocycles. The number of hydrogen-bond acceptors (Lipinski definition) is 4. The van der Waals surface area contributed by atoms with Crippen LogP contribution in [0, 0.1) is 6.92 Å². The van der Waals surface area contributed by atoms with Crippen LogP contribution in [0.15, 0.2) is 64.3 Å². The smallest absolute Gasteiger partial charge is 0.327 e. The van der Waals surface area contributed by atoms with Crippen molar-refractivity contribution in [1.29, 1.82) is 0 Å². The van der Waals surface area contributed by atoms with Crippen LogP contribution in [-0.4, -0.2) is 25.5 Å². The predicted octanol–water partition coefficient (Wildman–Crippen LogP) is 2.58. The van der Waals surface area contributed by atoms with Crippen LogP contribution in [0.25, 0.3) is 16.8 Å². The Morgan fingerprint density at radius 1 is 1.24 bits per heavy atom. The quantitative estimate of drug-likeness (QED) is 0.685. The van der Waals surface area contributed by atoms with Crippen LogP contribution in [0.5, 0.6) is 0 Å². The predicted molar refractivity (Wildman–Crippen MR) is 115 cm³/mol. The minimum absolute atomic E-state index is 0. The molecule has 0 amide bonds. The zero-order chi connectivity index (χ0) is 19.6. The summed E-state index contributed by atoms with van der Waals surface area (Å²) in [5.74, 6) is 0. The van der Waals surface area contributed by atoms with E-state index in [0.29, 0.717) is 17.6 Å². The molecule has 29 heavy (non-hydrogen) atoms. The van der Waals surface area contributed by atoms with Gasteiger partial charge in [-0.2, -0.15) is 5.10 Å². The van der Waals surface area contributed by atoms with Crippen LogP contribution in [0.2, 0.25) is 0 Å². The van der Waals surface area contributed by atoms with E-state index in [2.05, 4.69) is 5.10 Å². The molecule has 0 saturated heterocycles. The molecule has 0 aliphatic heterocycles. The van der Waals surface area contributed by atoms with Gasteiger partial charge >= 0.3 is 5.69 Å². The highest BCUT2D eigenvalue weighted by molar-refractivity contribution is 5.85. The topological polar surface area (TPSA) is 87.8 Å². The number of halogens is 2. The Kier molecular flexibility index (Phi) is 8.29. The number of aryl methyl sites for hydroxylation is 2. The lowest BCUT2D eigenvalue weighted by atomic mass is 10.1. The summed E-state index contributed by atoms with van der Waals surface area (Å²) in [5.41, 5.74) is 8.24. The molecule has 2 heterocycles. The Morgan fingerprint density at radius 2 is 1.97 bits per heavy atom. The van der Waals surface area contributed by atoms with Crippen LogP contribution in [0.4, 0.5) is 4.39 Å². The van der Waals surface area contributed by atoms with Gasteiger partial charge in [0, 0.05) is 25.4 Å². The first kappa shape index (κ1) is 24.1. The fourth-order valence-corrected chi connectivity index (χ4v) is 2.83. The molecule has 7 nitrogen and oxygen atoms in total. The van der Waals surface area contributed by atoms with Crippen molar-refractivity contribution in [3.63, 3.8) is 0 Å². The van der Waals surface area contributed by atoms with Crippen LogP contribution in [0.3, 0.4) is 0 Å². The Bertz CT molecular complexity index is 1100. The summed E-state index contributed by atoms with van der Waals surface area (Å²) in [5, 5.41) is 4.03. The number of benzene rings is 1. The Hall–Kier alpha value is -2.97. The number of nitrogens with two attached hydrogens (primary N) is 1. The number of pyridine rings is 1. The van der Waals surface area contributed by atoms with E-state index in [0.717, 1.165) is 15.8 Å². The van der Waals surface area contributed by atoms with Crippen LogP contribution in [0.1, 0.15) is 13.0 Å². The fourth-order valence-electron chi connectivity index (χ4n) is 2.83. The molecule has 0 radical (unpaired) electrons. The normalized spacial score (nSPS) is 11.0. The van der Waals surface area contributed by atoms with Crippen LogP contribution >= 0.6 is 12.4 Å². The zero-order valence-corrected chi connectivity index (χ0v) is 16.3. The minimum Gasteiger partial charge on any atom is -0.327 e. The van der Waals surface area contributed by atoms with Crippen molar-refractivity contribution in [2.45, 2.75) is 20.9 Å². The van der Waals surface area contributed by atoms with E-state index in [4.69, 9.17) is 5.73 Å². The first-order valence-electron chi connectivity index (χ1n) is 8.35. The second-order valence-corrected chi connectivity index (χ2v) is 6.29. The van der Waals surface area contributed by atoms with Gasteiger partial charge in [0.15, 0.2) is 0 Å². The van der Waals surface area contributed by atoms with Crippen molar-refractivity contribution in [1.82, 2.24) is 18.9 Å². The first-order valence-corrected chi connectivity index (χ1v) is 8.35. The van der Waals surface area contributed by atoms with E-state index in [1.54, 1.807) is 26.2 Å². The SMILES string of the molecule is C.Cc1cc(-c2cccc(-n3cnn(C/C(=C/F)CN)c3=O)c2)cn(C)c1=O.Cl. The average Bonchev–Trinajstić information content (AvgIpc) is 3.04. The van der Waals surface area contributed by atoms with Gasteiger partial charge in [-0.05, 0) is 41.8 Å². The van der Waals surface area contributed by atoms with Gasteiger partial charge in [0.05, 0.1) is 18.6 Å². The summed E-state index contributed by atoms with van der Waals surface area (Å²) in [7, 11) is 1.70. The highest BCUT2D eigenvalue weighted by Gasteiger charge is 2.10. The molecule has 0 aliphatic carbocycles. The van der Waals surface area contributed by atoms with E-state index in [1.165, 1.54) is 15.5 Å². The summed E-state index contributed by atoms with van der Waals surface area (Å²) in [6.45, 7) is 1.77. The Labute approximate surface area is 174 Å². The van der Waals surface area contributed by atoms with Gasteiger partial charge in [0.2, 0.25) is 0 Å². The van der Waals surface area contributed by atoms with Crippen molar-refractivity contribution >= 4 is 12.4 Å². The summed E-state index contributed by atoms with van der Waals surface area (Å²) in [6, 6.07) is 9.15. The second-order valence-electron chi connectivity index (χ2n) is 6.29. The molecule has 9 heteroatoms. The van der Waals surface area contributed by atoms with Crippen LogP contribution in [-0.2, 0) is 13.6 Å². The van der Waals surface area contributed by atoms with Crippen molar-refractivity contribution in [2.24, 2.45) is 12.8 Å². The van der Waals surface area contributed by atoms with E-state index in [-0.39, 0.29) is 44.1 Å². The third-order valence-electron chi connectivity index (χ3n) is 4.32. The molecule has 3 aromatic rings. The summed E-state index contributed by atoms with van der Waals surface area (Å²) >= 11 is 0. The molecule has 3 rings (SSSR count). The molecule has 0 spiro atoms. The summed E-state index contributed by atoms with van der Waals surface area (Å²) in [4.78, 5) is 24.5. The molecule has 2 N–H and O–H groups in total.